The maximum absolute atomic E-state index is 6.00. The number of para-hydroxylation sites is 1. The van der Waals surface area contributed by atoms with Crippen molar-refractivity contribution in [3.63, 3.8) is 0 Å². The van der Waals surface area contributed by atoms with Crippen molar-refractivity contribution < 1.29 is 0 Å². The molecule has 1 aromatic heterocycles. The molecule has 4 N–H and O–H groups in total. The Labute approximate surface area is 104 Å². The van der Waals surface area contributed by atoms with E-state index in [1.54, 1.807) is 18.5 Å². The summed E-state index contributed by atoms with van der Waals surface area (Å²) >= 11 is 0. The second-order valence-corrected chi connectivity index (χ2v) is 4.07. The van der Waals surface area contributed by atoms with Crippen LogP contribution >= 0.6 is 0 Å². The second kappa shape index (κ2) is 4.00. The summed E-state index contributed by atoms with van der Waals surface area (Å²) in [6, 6.07) is 11.5. The van der Waals surface area contributed by atoms with Crippen LogP contribution in [0.5, 0.6) is 0 Å². The van der Waals surface area contributed by atoms with E-state index >= 15 is 0 Å². The first-order valence-electron chi connectivity index (χ1n) is 5.61. The molecule has 0 radical (unpaired) electrons. The summed E-state index contributed by atoms with van der Waals surface area (Å²) < 4.78 is 0. The molecule has 18 heavy (non-hydrogen) atoms. The van der Waals surface area contributed by atoms with Crippen LogP contribution in [0.4, 0.5) is 11.4 Å². The average molecular weight is 236 g/mol. The van der Waals surface area contributed by atoms with Crippen molar-refractivity contribution in [2.24, 2.45) is 0 Å². The zero-order valence-corrected chi connectivity index (χ0v) is 9.67. The number of nitrogens with zero attached hydrogens (tertiary/aromatic N) is 2. The minimum Gasteiger partial charge on any atom is -0.397 e. The van der Waals surface area contributed by atoms with E-state index in [0.717, 1.165) is 22.2 Å². The lowest BCUT2D eigenvalue weighted by molar-refractivity contribution is 1.29. The van der Waals surface area contributed by atoms with Crippen molar-refractivity contribution in [1.82, 2.24) is 9.97 Å². The minimum atomic E-state index is 0.590. The molecule has 0 amide bonds. The van der Waals surface area contributed by atoms with Gasteiger partial charge in [-0.15, -0.1) is 0 Å². The molecule has 3 aromatic rings. The molecule has 0 aliphatic heterocycles. The summed E-state index contributed by atoms with van der Waals surface area (Å²) in [5.74, 6) is 0. The largest absolute Gasteiger partial charge is 0.397 e. The highest BCUT2D eigenvalue weighted by molar-refractivity contribution is 5.88. The predicted octanol–water partition coefficient (Wildman–Crippen LogP) is 2.46. The SMILES string of the molecule is Nc1cccc(-c2ccc3nccnc3c2)c1N. The van der Waals surface area contributed by atoms with Crippen LogP contribution in [0.1, 0.15) is 0 Å². The highest BCUT2D eigenvalue weighted by Crippen LogP contribution is 2.31. The Morgan fingerprint density at radius 1 is 0.833 bits per heavy atom. The number of hydrogen-bond donors (Lipinski definition) is 2. The Balaban J connectivity index is 2.22. The Kier molecular flexibility index (Phi) is 2.34. The van der Waals surface area contributed by atoms with Gasteiger partial charge in [0.1, 0.15) is 0 Å². The lowest BCUT2D eigenvalue weighted by Crippen LogP contribution is -1.96. The lowest BCUT2D eigenvalue weighted by Gasteiger charge is -2.08. The molecule has 0 aliphatic carbocycles. The smallest absolute Gasteiger partial charge is 0.0892 e. The van der Waals surface area contributed by atoms with Gasteiger partial charge in [0.05, 0.1) is 22.4 Å². The molecule has 3 rings (SSSR count). The number of fused-ring (bicyclic) bond motifs is 1. The molecule has 1 heterocycles. The first kappa shape index (κ1) is 10.5. The molecular weight excluding hydrogens is 224 g/mol. The van der Waals surface area contributed by atoms with Crippen molar-refractivity contribution in [1.29, 1.82) is 0 Å². The summed E-state index contributed by atoms with van der Waals surface area (Å²) in [6.07, 6.45) is 3.35. The maximum Gasteiger partial charge on any atom is 0.0892 e. The van der Waals surface area contributed by atoms with Crippen LogP contribution in [0.3, 0.4) is 0 Å². The number of rotatable bonds is 1. The van der Waals surface area contributed by atoms with E-state index in [-0.39, 0.29) is 0 Å². The highest BCUT2D eigenvalue weighted by atomic mass is 14.8. The summed E-state index contributed by atoms with van der Waals surface area (Å²) in [5, 5.41) is 0. The molecule has 4 nitrogen and oxygen atoms in total. The van der Waals surface area contributed by atoms with Crippen molar-refractivity contribution in [3.8, 4) is 11.1 Å². The Bertz CT molecular complexity index is 722. The Morgan fingerprint density at radius 3 is 2.44 bits per heavy atom. The van der Waals surface area contributed by atoms with Crippen LogP contribution in [0.25, 0.3) is 22.2 Å². The van der Waals surface area contributed by atoms with Gasteiger partial charge in [0.15, 0.2) is 0 Å². The second-order valence-electron chi connectivity index (χ2n) is 4.07. The molecule has 2 aromatic carbocycles. The van der Waals surface area contributed by atoms with E-state index in [1.807, 2.05) is 30.3 Å². The average Bonchev–Trinajstić information content (AvgIpc) is 2.41. The molecule has 0 aliphatic rings. The van der Waals surface area contributed by atoms with Gasteiger partial charge in [0, 0.05) is 18.0 Å². The molecule has 0 saturated carbocycles. The monoisotopic (exact) mass is 236 g/mol. The van der Waals surface area contributed by atoms with Crippen molar-refractivity contribution >= 4 is 22.4 Å². The molecular formula is C14H12N4. The summed E-state index contributed by atoms with van der Waals surface area (Å²) in [5.41, 5.74) is 16.6. The van der Waals surface area contributed by atoms with Gasteiger partial charge in [-0.2, -0.15) is 0 Å². The quantitative estimate of drug-likeness (QED) is 0.636. The minimum absolute atomic E-state index is 0.590. The van der Waals surface area contributed by atoms with Crippen LogP contribution in [0.2, 0.25) is 0 Å². The normalized spacial score (nSPS) is 10.7. The fourth-order valence-electron chi connectivity index (χ4n) is 1.97. The molecule has 4 heteroatoms. The van der Waals surface area contributed by atoms with Gasteiger partial charge < -0.3 is 11.5 Å². The predicted molar refractivity (Wildman–Crippen MR) is 73.8 cm³/mol. The molecule has 0 fully saturated rings. The van der Waals surface area contributed by atoms with Crippen LogP contribution in [-0.2, 0) is 0 Å². The molecule has 0 saturated heterocycles. The fourth-order valence-corrected chi connectivity index (χ4v) is 1.97. The third kappa shape index (κ3) is 1.64. The number of anilines is 2. The molecule has 0 unspecified atom stereocenters. The van der Waals surface area contributed by atoms with Crippen LogP contribution in [0, 0.1) is 0 Å². The van der Waals surface area contributed by atoms with Crippen LogP contribution < -0.4 is 11.5 Å². The lowest BCUT2D eigenvalue weighted by atomic mass is 10.0. The van der Waals surface area contributed by atoms with E-state index in [1.165, 1.54) is 0 Å². The summed E-state index contributed by atoms with van der Waals surface area (Å²) in [6.45, 7) is 0. The molecule has 0 spiro atoms. The molecule has 88 valence electrons. The van der Waals surface area contributed by atoms with E-state index in [0.29, 0.717) is 11.4 Å². The van der Waals surface area contributed by atoms with Gasteiger partial charge >= 0.3 is 0 Å². The van der Waals surface area contributed by atoms with E-state index in [4.69, 9.17) is 11.5 Å². The van der Waals surface area contributed by atoms with Crippen LogP contribution in [-0.4, -0.2) is 9.97 Å². The topological polar surface area (TPSA) is 77.8 Å². The summed E-state index contributed by atoms with van der Waals surface area (Å²) in [7, 11) is 0. The number of hydrogen-bond acceptors (Lipinski definition) is 4. The van der Waals surface area contributed by atoms with E-state index in [9.17, 15) is 0 Å². The van der Waals surface area contributed by atoms with Gasteiger partial charge in [0.25, 0.3) is 0 Å². The first-order valence-corrected chi connectivity index (χ1v) is 5.61. The zero-order chi connectivity index (χ0) is 12.5. The van der Waals surface area contributed by atoms with Gasteiger partial charge in [-0.05, 0) is 23.8 Å². The first-order chi connectivity index (χ1) is 8.75. The van der Waals surface area contributed by atoms with Gasteiger partial charge in [0.2, 0.25) is 0 Å². The molecule has 0 atom stereocenters. The van der Waals surface area contributed by atoms with Crippen LogP contribution in [0.15, 0.2) is 48.8 Å². The van der Waals surface area contributed by atoms with Gasteiger partial charge in [-0.3, -0.25) is 9.97 Å². The third-order valence-electron chi connectivity index (χ3n) is 2.92. The number of aromatic nitrogens is 2. The Morgan fingerprint density at radius 2 is 1.61 bits per heavy atom. The van der Waals surface area contributed by atoms with Crippen molar-refractivity contribution in [2.45, 2.75) is 0 Å². The van der Waals surface area contributed by atoms with Gasteiger partial charge in [-0.1, -0.05) is 18.2 Å². The fraction of sp³-hybridized carbons (Fsp3) is 0. The highest BCUT2D eigenvalue weighted by Gasteiger charge is 2.06. The number of nitrogens with two attached hydrogens (primary N) is 2. The summed E-state index contributed by atoms with van der Waals surface area (Å²) in [4.78, 5) is 8.52. The van der Waals surface area contributed by atoms with Crippen molar-refractivity contribution in [2.75, 3.05) is 11.5 Å². The number of nitrogen functional groups attached to an aromatic ring is 2. The standard InChI is InChI=1S/C14H12N4/c15-11-3-1-2-10(14(11)16)9-4-5-12-13(8-9)18-7-6-17-12/h1-8H,15-16H2. The molecule has 0 bridgehead atoms. The zero-order valence-electron chi connectivity index (χ0n) is 9.67. The maximum atomic E-state index is 6.00. The van der Waals surface area contributed by atoms with E-state index in [2.05, 4.69) is 9.97 Å². The number of benzene rings is 2. The van der Waals surface area contributed by atoms with Gasteiger partial charge in [-0.25, -0.2) is 0 Å². The van der Waals surface area contributed by atoms with Crippen molar-refractivity contribution in [3.05, 3.63) is 48.8 Å². The Hall–Kier alpha value is -2.62. The van der Waals surface area contributed by atoms with E-state index < -0.39 is 0 Å². The third-order valence-corrected chi connectivity index (χ3v) is 2.92.